The molecule has 3 N–H and O–H groups in total. The van der Waals surface area contributed by atoms with E-state index in [-0.39, 0.29) is 6.10 Å². The smallest absolute Gasteiger partial charge is 0.318 e. The Morgan fingerprint density at radius 3 is 2.50 bits per heavy atom. The van der Waals surface area contributed by atoms with Crippen LogP contribution in [0, 0.1) is 0 Å². The van der Waals surface area contributed by atoms with Crippen LogP contribution in [0.1, 0.15) is 23.3 Å². The second-order valence-electron chi connectivity index (χ2n) is 6.07. The van der Waals surface area contributed by atoms with Crippen LogP contribution in [0.2, 0.25) is 0 Å². The molecule has 7 heteroatoms. The number of hydrogen-bond acceptors (Lipinski definition) is 4. The Balaban J connectivity index is 1.84. The van der Waals surface area contributed by atoms with E-state index in [1.54, 1.807) is 0 Å². The molecule has 2 unspecified atom stereocenters. The van der Waals surface area contributed by atoms with Crippen LogP contribution in [-0.2, 0) is 9.53 Å². The van der Waals surface area contributed by atoms with Crippen molar-refractivity contribution in [2.24, 2.45) is 5.73 Å². The van der Waals surface area contributed by atoms with Gasteiger partial charge in [0, 0.05) is 17.6 Å². The standard InChI is InChI=1S/C19H20BrN3O3/c20-15-8-6-13(7-9-15)16-12-23(10-11-26-16)17(18(24)22-19(21)25)14-4-2-1-3-5-14/h1-9,16-17H,10-12H2,(H3,21,22,24,25). The number of nitrogens with one attached hydrogen (secondary N) is 1. The molecular weight excluding hydrogens is 398 g/mol. The van der Waals surface area contributed by atoms with Crippen molar-refractivity contribution < 1.29 is 14.3 Å². The topological polar surface area (TPSA) is 84.7 Å². The maximum absolute atomic E-state index is 12.6. The van der Waals surface area contributed by atoms with Crippen LogP contribution >= 0.6 is 15.9 Å². The fourth-order valence-electron chi connectivity index (χ4n) is 3.14. The number of rotatable bonds is 4. The van der Waals surface area contributed by atoms with Crippen molar-refractivity contribution >= 4 is 27.9 Å². The molecule has 1 aliphatic rings. The van der Waals surface area contributed by atoms with Gasteiger partial charge in [-0.05, 0) is 23.3 Å². The number of carbonyl (C=O) groups is 2. The van der Waals surface area contributed by atoms with Gasteiger partial charge < -0.3 is 10.5 Å². The van der Waals surface area contributed by atoms with Gasteiger partial charge in [-0.2, -0.15) is 0 Å². The number of urea groups is 1. The van der Waals surface area contributed by atoms with Crippen LogP contribution in [0.3, 0.4) is 0 Å². The third kappa shape index (κ3) is 4.49. The molecule has 1 fully saturated rings. The largest absolute Gasteiger partial charge is 0.371 e. The maximum atomic E-state index is 12.6. The average Bonchev–Trinajstić information content (AvgIpc) is 2.63. The summed E-state index contributed by atoms with van der Waals surface area (Å²) in [5, 5.41) is 2.21. The number of halogens is 1. The number of morpholine rings is 1. The van der Waals surface area contributed by atoms with Crippen LogP contribution in [0.4, 0.5) is 4.79 Å². The fraction of sp³-hybridized carbons (Fsp3) is 0.263. The van der Waals surface area contributed by atoms with E-state index < -0.39 is 18.0 Å². The summed E-state index contributed by atoms with van der Waals surface area (Å²) in [5.74, 6) is -0.430. The molecule has 0 saturated carbocycles. The molecule has 3 amide bonds. The van der Waals surface area contributed by atoms with Crippen LogP contribution in [-0.4, -0.2) is 36.5 Å². The molecule has 0 bridgehead atoms. The van der Waals surface area contributed by atoms with Gasteiger partial charge >= 0.3 is 6.03 Å². The lowest BCUT2D eigenvalue weighted by Crippen LogP contribution is -2.48. The first-order valence-electron chi connectivity index (χ1n) is 8.31. The van der Waals surface area contributed by atoms with Crippen LogP contribution in [0.5, 0.6) is 0 Å². The number of ether oxygens (including phenoxy) is 1. The van der Waals surface area contributed by atoms with Crippen LogP contribution in [0.15, 0.2) is 59.1 Å². The van der Waals surface area contributed by atoms with Crippen LogP contribution in [0.25, 0.3) is 0 Å². The third-order valence-electron chi connectivity index (χ3n) is 4.31. The minimum atomic E-state index is -0.853. The van der Waals surface area contributed by atoms with Gasteiger partial charge in [0.2, 0.25) is 5.91 Å². The lowest BCUT2D eigenvalue weighted by atomic mass is 10.0. The maximum Gasteiger partial charge on any atom is 0.318 e. The number of amides is 3. The second kappa shape index (κ2) is 8.44. The highest BCUT2D eigenvalue weighted by Crippen LogP contribution is 2.29. The number of carbonyl (C=O) groups excluding carboxylic acids is 2. The number of primary amides is 1. The fourth-order valence-corrected chi connectivity index (χ4v) is 3.40. The van der Waals surface area contributed by atoms with E-state index in [1.807, 2.05) is 59.5 Å². The van der Waals surface area contributed by atoms with Crippen molar-refractivity contribution in [3.05, 3.63) is 70.2 Å². The highest BCUT2D eigenvalue weighted by molar-refractivity contribution is 9.10. The average molecular weight is 418 g/mol. The molecule has 2 aromatic carbocycles. The number of imide groups is 1. The lowest BCUT2D eigenvalue weighted by molar-refractivity contribution is -0.129. The molecule has 0 spiro atoms. The van der Waals surface area contributed by atoms with Gasteiger partial charge in [0.1, 0.15) is 6.04 Å². The normalized spacial score (nSPS) is 18.9. The highest BCUT2D eigenvalue weighted by Gasteiger charge is 2.33. The summed E-state index contributed by atoms with van der Waals surface area (Å²) < 4.78 is 6.90. The highest BCUT2D eigenvalue weighted by atomic mass is 79.9. The predicted molar refractivity (Wildman–Crippen MR) is 101 cm³/mol. The molecule has 0 radical (unpaired) electrons. The molecule has 0 aromatic heterocycles. The quantitative estimate of drug-likeness (QED) is 0.800. The zero-order valence-electron chi connectivity index (χ0n) is 14.1. The van der Waals surface area contributed by atoms with Crippen molar-refractivity contribution in [3.8, 4) is 0 Å². The number of nitrogens with two attached hydrogens (primary N) is 1. The summed E-state index contributed by atoms with van der Waals surface area (Å²) >= 11 is 3.43. The molecule has 1 heterocycles. The zero-order chi connectivity index (χ0) is 18.5. The van der Waals surface area contributed by atoms with Gasteiger partial charge in [0.25, 0.3) is 0 Å². The number of nitrogens with zero attached hydrogens (tertiary/aromatic N) is 1. The monoisotopic (exact) mass is 417 g/mol. The molecule has 2 aromatic rings. The molecule has 3 rings (SSSR count). The first kappa shape index (κ1) is 18.6. The van der Waals surface area contributed by atoms with Gasteiger partial charge in [0.05, 0.1) is 12.7 Å². The second-order valence-corrected chi connectivity index (χ2v) is 6.99. The molecule has 1 saturated heterocycles. The van der Waals surface area contributed by atoms with E-state index in [0.29, 0.717) is 19.7 Å². The molecule has 26 heavy (non-hydrogen) atoms. The third-order valence-corrected chi connectivity index (χ3v) is 4.84. The van der Waals surface area contributed by atoms with E-state index in [4.69, 9.17) is 10.5 Å². The summed E-state index contributed by atoms with van der Waals surface area (Å²) in [5.41, 5.74) is 7.00. The van der Waals surface area contributed by atoms with Crippen molar-refractivity contribution in [1.82, 2.24) is 10.2 Å². The molecule has 6 nitrogen and oxygen atoms in total. The summed E-state index contributed by atoms with van der Waals surface area (Å²) in [6, 6.07) is 15.8. The Bertz CT molecular complexity index is 767. The molecule has 1 aliphatic heterocycles. The summed E-state index contributed by atoms with van der Waals surface area (Å²) in [7, 11) is 0. The Morgan fingerprint density at radius 1 is 1.15 bits per heavy atom. The predicted octanol–water partition coefficient (Wildman–Crippen LogP) is 2.76. The Labute approximate surface area is 160 Å². The zero-order valence-corrected chi connectivity index (χ0v) is 15.7. The van der Waals surface area contributed by atoms with E-state index >= 15 is 0 Å². The molecule has 0 aliphatic carbocycles. The summed E-state index contributed by atoms with van der Waals surface area (Å²) in [6.07, 6.45) is -0.149. The van der Waals surface area contributed by atoms with Crippen molar-refractivity contribution in [2.75, 3.05) is 19.7 Å². The van der Waals surface area contributed by atoms with Crippen molar-refractivity contribution in [2.45, 2.75) is 12.1 Å². The van der Waals surface area contributed by atoms with Gasteiger partial charge in [0.15, 0.2) is 0 Å². The first-order valence-corrected chi connectivity index (χ1v) is 9.10. The SMILES string of the molecule is NC(=O)NC(=O)C(c1ccccc1)N1CCOC(c2ccc(Br)cc2)C1. The molecular formula is C19H20BrN3O3. The first-order chi connectivity index (χ1) is 12.5. The van der Waals surface area contributed by atoms with E-state index in [9.17, 15) is 9.59 Å². The van der Waals surface area contributed by atoms with E-state index in [2.05, 4.69) is 21.2 Å². The van der Waals surface area contributed by atoms with E-state index in [0.717, 1.165) is 15.6 Å². The number of hydrogen-bond donors (Lipinski definition) is 2. The minimum absolute atomic E-state index is 0.149. The minimum Gasteiger partial charge on any atom is -0.371 e. The van der Waals surface area contributed by atoms with E-state index in [1.165, 1.54) is 0 Å². The van der Waals surface area contributed by atoms with Gasteiger partial charge in [-0.15, -0.1) is 0 Å². The van der Waals surface area contributed by atoms with Gasteiger partial charge in [-0.1, -0.05) is 58.4 Å². The van der Waals surface area contributed by atoms with Crippen molar-refractivity contribution in [3.63, 3.8) is 0 Å². The molecule has 2 atom stereocenters. The molecule has 136 valence electrons. The lowest BCUT2D eigenvalue weighted by Gasteiger charge is -2.37. The van der Waals surface area contributed by atoms with Crippen molar-refractivity contribution in [1.29, 1.82) is 0 Å². The Kier molecular flexibility index (Phi) is 6.03. The Hall–Kier alpha value is -2.22. The summed E-state index contributed by atoms with van der Waals surface area (Å²) in [4.78, 5) is 25.8. The summed E-state index contributed by atoms with van der Waals surface area (Å²) in [6.45, 7) is 1.61. The van der Waals surface area contributed by atoms with Crippen LogP contribution < -0.4 is 11.1 Å². The van der Waals surface area contributed by atoms with Gasteiger partial charge in [-0.25, -0.2) is 4.79 Å². The Morgan fingerprint density at radius 2 is 1.85 bits per heavy atom. The van der Waals surface area contributed by atoms with Gasteiger partial charge in [-0.3, -0.25) is 15.0 Å². The number of benzene rings is 2.